The van der Waals surface area contributed by atoms with Crippen LogP contribution in [0.3, 0.4) is 0 Å². The second-order valence-corrected chi connectivity index (χ2v) is 29.8. The summed E-state index contributed by atoms with van der Waals surface area (Å²) in [6.45, 7) is 25.2. The SMILES string of the molecule is CCCCCCCCCCCCCCCCCC[Si](C)(c1cc(C)cc([Si](C)(C)C)c1)C1(C)C(C)=C(C)C(C)=[C]1[Ti]([CH3])[CH3]. The molecule has 0 N–H and O–H groups in total. The molecule has 0 radical (unpaired) electrons. The van der Waals surface area contributed by atoms with Crippen molar-refractivity contribution >= 4 is 26.5 Å². The van der Waals surface area contributed by atoms with Crippen molar-refractivity contribution in [2.24, 2.45) is 0 Å². The van der Waals surface area contributed by atoms with Crippen molar-refractivity contribution in [2.45, 2.75) is 192 Å². The van der Waals surface area contributed by atoms with Crippen molar-refractivity contribution in [3.8, 4) is 0 Å². The zero-order chi connectivity index (χ0) is 32.3. The average molecular weight is 658 g/mol. The fraction of sp³-hybridized carbons (Fsp3) is 0.750. The summed E-state index contributed by atoms with van der Waals surface area (Å²) in [5, 5.41) is 8.94. The van der Waals surface area contributed by atoms with E-state index in [2.05, 4.69) is 96.4 Å². The van der Waals surface area contributed by atoms with E-state index < -0.39 is 34.0 Å². The number of allylic oxidation sites excluding steroid dienone is 4. The first-order valence-corrected chi connectivity index (χ1v) is 28.7. The van der Waals surface area contributed by atoms with Gasteiger partial charge in [0.25, 0.3) is 0 Å². The molecular weight excluding hydrogens is 584 g/mol. The molecule has 1 aliphatic rings. The van der Waals surface area contributed by atoms with E-state index in [1.165, 1.54) is 114 Å². The number of aryl methyl sites for hydroxylation is 1. The van der Waals surface area contributed by atoms with E-state index >= 15 is 0 Å². The van der Waals surface area contributed by atoms with Crippen molar-refractivity contribution in [3.05, 3.63) is 44.4 Å². The maximum atomic E-state index is 2.80. The molecule has 2 unspecified atom stereocenters. The van der Waals surface area contributed by atoms with Gasteiger partial charge in [-0.25, -0.2) is 0 Å². The Bertz CT molecular complexity index is 1060. The van der Waals surface area contributed by atoms with Crippen LogP contribution in [0.15, 0.2) is 38.8 Å². The van der Waals surface area contributed by atoms with E-state index in [1.807, 2.05) is 3.88 Å². The van der Waals surface area contributed by atoms with Gasteiger partial charge < -0.3 is 0 Å². The van der Waals surface area contributed by atoms with Crippen LogP contribution in [0, 0.1) is 6.92 Å². The van der Waals surface area contributed by atoms with E-state index in [0.29, 0.717) is 0 Å². The minimum atomic E-state index is -1.89. The van der Waals surface area contributed by atoms with Crippen molar-refractivity contribution in [1.29, 1.82) is 0 Å². The molecule has 0 heterocycles. The molecule has 43 heavy (non-hydrogen) atoms. The fourth-order valence-corrected chi connectivity index (χ4v) is 20.3. The van der Waals surface area contributed by atoms with E-state index in [-0.39, 0.29) is 5.04 Å². The normalized spacial score (nSPS) is 19.0. The second-order valence-electron chi connectivity index (χ2n) is 16.1. The van der Waals surface area contributed by atoms with Crippen molar-refractivity contribution in [3.63, 3.8) is 0 Å². The Morgan fingerprint density at radius 1 is 0.581 bits per heavy atom. The Balaban J connectivity index is 2.02. The van der Waals surface area contributed by atoms with E-state index in [1.54, 1.807) is 27.1 Å². The van der Waals surface area contributed by atoms with Crippen molar-refractivity contribution < 1.29 is 17.9 Å². The van der Waals surface area contributed by atoms with Gasteiger partial charge >= 0.3 is 222 Å². The molecule has 0 spiro atoms. The van der Waals surface area contributed by atoms with Crippen LogP contribution in [0.2, 0.25) is 47.7 Å². The molecule has 2 rings (SSSR count). The molecule has 0 fully saturated rings. The molecule has 0 aliphatic heterocycles. The summed E-state index contributed by atoms with van der Waals surface area (Å²) in [7, 11) is -3.28. The molecule has 0 nitrogen and oxygen atoms in total. The summed E-state index contributed by atoms with van der Waals surface area (Å²) in [5.41, 5.74) is 6.50. The molecule has 0 aromatic heterocycles. The first kappa shape index (κ1) is 39.0. The summed E-state index contributed by atoms with van der Waals surface area (Å²) in [4.78, 5) is 0. The molecule has 3 heteroatoms. The zero-order valence-electron chi connectivity index (χ0n) is 31.3. The fourth-order valence-electron chi connectivity index (χ4n) is 8.22. The molecule has 2 atom stereocenters. The molecular formula is C40H73Si2Ti. The van der Waals surface area contributed by atoms with Gasteiger partial charge in [0.1, 0.15) is 0 Å². The van der Waals surface area contributed by atoms with E-state index in [0.717, 1.165) is 0 Å². The summed E-state index contributed by atoms with van der Waals surface area (Å²) in [6, 6.07) is 9.31. The number of hydrogen-bond acceptors (Lipinski definition) is 0. The number of unbranched alkanes of at least 4 members (excludes halogenated alkanes) is 15. The van der Waals surface area contributed by atoms with Crippen LogP contribution in [0.5, 0.6) is 0 Å². The summed E-state index contributed by atoms with van der Waals surface area (Å²) in [6.07, 6.45) is 23.1. The van der Waals surface area contributed by atoms with E-state index in [9.17, 15) is 0 Å². The molecule has 1 aliphatic carbocycles. The molecule has 0 saturated heterocycles. The quantitative estimate of drug-likeness (QED) is 0.0911. The van der Waals surface area contributed by atoms with Gasteiger partial charge in [-0.1, -0.05) is 58.3 Å². The van der Waals surface area contributed by atoms with Crippen LogP contribution in [0.25, 0.3) is 0 Å². The van der Waals surface area contributed by atoms with Gasteiger partial charge in [0.05, 0.1) is 0 Å². The minimum absolute atomic E-state index is 0.278. The number of rotatable bonds is 21. The Hall–Kier alpha value is -0.152. The van der Waals surface area contributed by atoms with Crippen LogP contribution < -0.4 is 10.4 Å². The first-order chi connectivity index (χ1) is 20.2. The van der Waals surface area contributed by atoms with Crippen molar-refractivity contribution in [1.82, 2.24) is 0 Å². The van der Waals surface area contributed by atoms with Gasteiger partial charge in [0.15, 0.2) is 0 Å². The second kappa shape index (κ2) is 18.3. The molecule has 0 bridgehead atoms. The van der Waals surface area contributed by atoms with Crippen molar-refractivity contribution in [2.75, 3.05) is 0 Å². The van der Waals surface area contributed by atoms with Gasteiger partial charge in [0, 0.05) is 0 Å². The van der Waals surface area contributed by atoms with Gasteiger partial charge in [0.2, 0.25) is 0 Å². The zero-order valence-corrected chi connectivity index (χ0v) is 34.8. The van der Waals surface area contributed by atoms with Gasteiger partial charge in [-0.05, 0) is 0 Å². The standard InChI is InChI=1S/C38H67Si2.2CH3.Ti/c1-11-12-13-14-15-16-17-18-19-20-21-22-23-24-25-26-27-40(10,38(6)31-33(3)34(4)35(38)5)37-29-32(2)28-36(30-37)39(7,8)9;;;/h28-30H,11-27H2,1-10H3;2*1H3;. The maximum absolute atomic E-state index is 2.80. The molecule has 0 saturated carbocycles. The third-order valence-electron chi connectivity index (χ3n) is 11.5. The summed E-state index contributed by atoms with van der Waals surface area (Å²) in [5.74, 6) is 0. The Morgan fingerprint density at radius 3 is 1.42 bits per heavy atom. The Morgan fingerprint density at radius 2 is 1.00 bits per heavy atom. The Labute approximate surface area is 279 Å². The average Bonchev–Trinajstić information content (AvgIpc) is 3.12. The number of hydrogen-bond donors (Lipinski definition) is 0. The third-order valence-corrected chi connectivity index (χ3v) is 22.6. The molecule has 1 aromatic rings. The van der Waals surface area contributed by atoms with Gasteiger partial charge in [-0.2, -0.15) is 0 Å². The van der Waals surface area contributed by atoms with Crippen LogP contribution in [0.1, 0.15) is 143 Å². The monoisotopic (exact) mass is 657 g/mol. The van der Waals surface area contributed by atoms with Gasteiger partial charge in [-0.3, -0.25) is 0 Å². The summed E-state index contributed by atoms with van der Waals surface area (Å²) >= 11 is -1.27. The van der Waals surface area contributed by atoms with Crippen LogP contribution in [-0.4, -0.2) is 16.1 Å². The first-order valence-electron chi connectivity index (χ1n) is 18.5. The Kier molecular flexibility index (Phi) is 16.6. The summed E-state index contributed by atoms with van der Waals surface area (Å²) < 4.78 is 1.92. The predicted octanol–water partition coefficient (Wildman–Crippen LogP) is 13.2. The van der Waals surface area contributed by atoms with Crippen LogP contribution in [0.4, 0.5) is 0 Å². The van der Waals surface area contributed by atoms with E-state index in [4.69, 9.17) is 0 Å². The van der Waals surface area contributed by atoms with Gasteiger partial charge in [-0.15, -0.1) is 0 Å². The number of benzene rings is 1. The van der Waals surface area contributed by atoms with Crippen LogP contribution >= 0.6 is 0 Å². The topological polar surface area (TPSA) is 0 Å². The van der Waals surface area contributed by atoms with Crippen LogP contribution in [-0.2, 0) is 17.9 Å². The predicted molar refractivity (Wildman–Crippen MR) is 201 cm³/mol. The molecule has 1 aromatic carbocycles. The molecule has 245 valence electrons. The third kappa shape index (κ3) is 10.4. The molecule has 0 amide bonds.